The van der Waals surface area contributed by atoms with Crippen molar-refractivity contribution >= 4 is 23.2 Å². The molecule has 2 amide bonds. The van der Waals surface area contributed by atoms with Gasteiger partial charge in [0, 0.05) is 12.2 Å². The van der Waals surface area contributed by atoms with Crippen molar-refractivity contribution in [2.24, 2.45) is 0 Å². The number of carbonyl (C=O) groups excluding carboxylic acids is 2. The molecule has 0 unspecified atom stereocenters. The van der Waals surface area contributed by atoms with Crippen LogP contribution >= 0.6 is 0 Å². The lowest BCUT2D eigenvalue weighted by atomic mass is 10.2. The highest BCUT2D eigenvalue weighted by Gasteiger charge is 2.24. The quantitative estimate of drug-likeness (QED) is 0.866. The van der Waals surface area contributed by atoms with E-state index in [1.54, 1.807) is 23.1 Å². The lowest BCUT2D eigenvalue weighted by Crippen LogP contribution is -2.38. The van der Waals surface area contributed by atoms with Crippen LogP contribution in [0.15, 0.2) is 42.5 Å². The number of nitrogens with one attached hydrogen (secondary N) is 1. The van der Waals surface area contributed by atoms with Crippen molar-refractivity contribution in [2.75, 3.05) is 30.0 Å². The Balaban J connectivity index is 1.62. The van der Waals surface area contributed by atoms with E-state index in [1.807, 2.05) is 31.2 Å². The van der Waals surface area contributed by atoms with Gasteiger partial charge in [0.25, 0.3) is 11.8 Å². The van der Waals surface area contributed by atoms with E-state index < -0.39 is 0 Å². The summed E-state index contributed by atoms with van der Waals surface area (Å²) in [5.74, 6) is 0.925. The molecule has 6 nitrogen and oxygen atoms in total. The van der Waals surface area contributed by atoms with Gasteiger partial charge in [0.1, 0.15) is 11.5 Å². The minimum atomic E-state index is -0.268. The molecule has 136 valence electrons. The number of benzene rings is 2. The van der Waals surface area contributed by atoms with E-state index in [1.165, 1.54) is 5.56 Å². The zero-order valence-electron chi connectivity index (χ0n) is 15.0. The number of ether oxygens (including phenoxy) is 2. The first-order valence-corrected chi connectivity index (χ1v) is 8.69. The third-order valence-corrected chi connectivity index (χ3v) is 4.20. The van der Waals surface area contributed by atoms with Crippen LogP contribution in [0.3, 0.4) is 0 Å². The average Bonchev–Trinajstić information content (AvgIpc) is 2.66. The molecule has 0 radical (unpaired) electrons. The number of anilines is 2. The Labute approximate surface area is 152 Å². The number of fused-ring (bicyclic) bond motifs is 1. The standard InChI is InChI=1S/C20H22N2O4/c1-3-14-5-8-16(9-6-14)25-12-19(23)21-15-7-10-18-17(11-15)22(4-2)20(24)13-26-18/h5-11H,3-4,12-13H2,1-2H3,(H,21,23). The molecule has 6 heteroatoms. The van der Waals surface area contributed by atoms with E-state index in [0.29, 0.717) is 29.4 Å². The fourth-order valence-corrected chi connectivity index (χ4v) is 2.79. The van der Waals surface area contributed by atoms with E-state index in [2.05, 4.69) is 12.2 Å². The molecule has 0 spiro atoms. The number of hydrogen-bond donors (Lipinski definition) is 1. The Hall–Kier alpha value is -3.02. The predicted octanol–water partition coefficient (Wildman–Crippen LogP) is 3.01. The third kappa shape index (κ3) is 3.96. The number of carbonyl (C=O) groups is 2. The molecule has 0 aromatic heterocycles. The lowest BCUT2D eigenvalue weighted by molar-refractivity contribution is -0.121. The zero-order valence-corrected chi connectivity index (χ0v) is 15.0. The van der Waals surface area contributed by atoms with Crippen LogP contribution < -0.4 is 19.7 Å². The number of likely N-dealkylation sites (N-methyl/N-ethyl adjacent to an activating group) is 1. The molecular weight excluding hydrogens is 332 g/mol. The van der Waals surface area contributed by atoms with Crippen molar-refractivity contribution in [3.05, 3.63) is 48.0 Å². The fourth-order valence-electron chi connectivity index (χ4n) is 2.79. The summed E-state index contributed by atoms with van der Waals surface area (Å²) >= 11 is 0. The second-order valence-corrected chi connectivity index (χ2v) is 5.94. The SMILES string of the molecule is CCc1ccc(OCC(=O)Nc2ccc3c(c2)N(CC)C(=O)CO3)cc1. The smallest absolute Gasteiger partial charge is 0.265 e. The van der Waals surface area contributed by atoms with Crippen molar-refractivity contribution in [1.82, 2.24) is 0 Å². The summed E-state index contributed by atoms with van der Waals surface area (Å²) in [5.41, 5.74) is 2.47. The molecule has 0 saturated carbocycles. The van der Waals surface area contributed by atoms with Crippen LogP contribution in [0.2, 0.25) is 0 Å². The highest BCUT2D eigenvalue weighted by Crippen LogP contribution is 2.34. The summed E-state index contributed by atoms with van der Waals surface area (Å²) in [6.45, 7) is 4.48. The van der Waals surface area contributed by atoms with Gasteiger partial charge < -0.3 is 19.7 Å². The molecule has 26 heavy (non-hydrogen) atoms. The van der Waals surface area contributed by atoms with Crippen molar-refractivity contribution in [2.45, 2.75) is 20.3 Å². The van der Waals surface area contributed by atoms with Crippen molar-refractivity contribution < 1.29 is 19.1 Å². The molecule has 1 N–H and O–H groups in total. The maximum absolute atomic E-state index is 12.1. The summed E-state index contributed by atoms with van der Waals surface area (Å²) in [6.07, 6.45) is 0.958. The minimum absolute atomic E-state index is 0.0389. The van der Waals surface area contributed by atoms with Crippen LogP contribution in [-0.2, 0) is 16.0 Å². The van der Waals surface area contributed by atoms with Gasteiger partial charge in [-0.1, -0.05) is 19.1 Å². The number of hydrogen-bond acceptors (Lipinski definition) is 4. The van der Waals surface area contributed by atoms with E-state index in [9.17, 15) is 9.59 Å². The molecular formula is C20H22N2O4. The third-order valence-electron chi connectivity index (χ3n) is 4.20. The maximum Gasteiger partial charge on any atom is 0.265 e. The molecule has 2 aromatic rings. The fraction of sp³-hybridized carbons (Fsp3) is 0.300. The Morgan fingerprint density at radius 2 is 1.96 bits per heavy atom. The maximum atomic E-state index is 12.1. The van der Waals surface area contributed by atoms with E-state index in [-0.39, 0.29) is 25.0 Å². The number of aryl methyl sites for hydroxylation is 1. The van der Waals surface area contributed by atoms with E-state index in [4.69, 9.17) is 9.47 Å². The summed E-state index contributed by atoms with van der Waals surface area (Å²) < 4.78 is 10.9. The molecule has 3 rings (SSSR count). The van der Waals surface area contributed by atoms with Crippen LogP contribution in [0.1, 0.15) is 19.4 Å². The first-order valence-electron chi connectivity index (χ1n) is 8.69. The van der Waals surface area contributed by atoms with Gasteiger partial charge in [0.05, 0.1) is 5.69 Å². The number of rotatable bonds is 6. The van der Waals surface area contributed by atoms with Gasteiger partial charge in [-0.2, -0.15) is 0 Å². The summed E-state index contributed by atoms with van der Waals surface area (Å²) in [5, 5.41) is 2.79. The second kappa shape index (κ2) is 7.91. The Morgan fingerprint density at radius 3 is 2.65 bits per heavy atom. The van der Waals surface area contributed by atoms with Gasteiger partial charge in [-0.05, 0) is 49.2 Å². The molecule has 0 saturated heterocycles. The molecule has 0 bridgehead atoms. The first kappa shape index (κ1) is 17.8. The van der Waals surface area contributed by atoms with E-state index in [0.717, 1.165) is 6.42 Å². The Kier molecular flexibility index (Phi) is 5.41. The van der Waals surface area contributed by atoms with Gasteiger partial charge in [-0.15, -0.1) is 0 Å². The molecule has 0 fully saturated rings. The number of amides is 2. The highest BCUT2D eigenvalue weighted by molar-refractivity contribution is 5.99. The van der Waals surface area contributed by atoms with Gasteiger partial charge >= 0.3 is 0 Å². The van der Waals surface area contributed by atoms with Crippen molar-refractivity contribution in [3.8, 4) is 11.5 Å². The van der Waals surface area contributed by atoms with Gasteiger partial charge in [0.2, 0.25) is 0 Å². The molecule has 0 atom stereocenters. The van der Waals surface area contributed by atoms with Gasteiger partial charge in [-0.3, -0.25) is 9.59 Å². The molecule has 1 aliphatic heterocycles. The van der Waals surface area contributed by atoms with Gasteiger partial charge in [0.15, 0.2) is 13.2 Å². The number of nitrogens with zero attached hydrogens (tertiary/aromatic N) is 1. The Bertz CT molecular complexity index is 802. The monoisotopic (exact) mass is 354 g/mol. The van der Waals surface area contributed by atoms with Crippen LogP contribution in [0, 0.1) is 0 Å². The topological polar surface area (TPSA) is 67.9 Å². The average molecular weight is 354 g/mol. The highest BCUT2D eigenvalue weighted by atomic mass is 16.5. The largest absolute Gasteiger partial charge is 0.484 e. The molecule has 2 aromatic carbocycles. The zero-order chi connectivity index (χ0) is 18.5. The van der Waals surface area contributed by atoms with Gasteiger partial charge in [-0.25, -0.2) is 0 Å². The summed E-state index contributed by atoms with van der Waals surface area (Å²) in [7, 11) is 0. The molecule has 1 aliphatic rings. The summed E-state index contributed by atoms with van der Waals surface area (Å²) in [4.78, 5) is 25.7. The van der Waals surface area contributed by atoms with Crippen LogP contribution in [-0.4, -0.2) is 31.6 Å². The van der Waals surface area contributed by atoms with Crippen LogP contribution in [0.4, 0.5) is 11.4 Å². The van der Waals surface area contributed by atoms with Crippen LogP contribution in [0.5, 0.6) is 11.5 Å². The molecule has 1 heterocycles. The summed E-state index contributed by atoms with van der Waals surface area (Å²) in [6, 6.07) is 12.9. The Morgan fingerprint density at radius 1 is 1.19 bits per heavy atom. The van der Waals surface area contributed by atoms with Crippen molar-refractivity contribution in [3.63, 3.8) is 0 Å². The lowest BCUT2D eigenvalue weighted by Gasteiger charge is -2.28. The first-order chi connectivity index (χ1) is 12.6. The normalized spacial score (nSPS) is 13.0. The minimum Gasteiger partial charge on any atom is -0.484 e. The second-order valence-electron chi connectivity index (χ2n) is 5.94. The van der Waals surface area contributed by atoms with Crippen molar-refractivity contribution in [1.29, 1.82) is 0 Å². The van der Waals surface area contributed by atoms with Crippen LogP contribution in [0.25, 0.3) is 0 Å². The predicted molar refractivity (Wildman–Crippen MR) is 99.9 cm³/mol. The van der Waals surface area contributed by atoms with E-state index >= 15 is 0 Å². The molecule has 0 aliphatic carbocycles.